The van der Waals surface area contributed by atoms with Crippen molar-refractivity contribution >= 4 is 33.2 Å². The SMILES string of the molecule is Cc1ccc(NC(=O)C2(c3ccc4c(c3)OCO4)CC2)cc1-c1ccc(S(=O)(=O)N(C)C)c(Cl)c1. The summed E-state index contributed by atoms with van der Waals surface area (Å²) in [5.74, 6) is 1.28. The summed E-state index contributed by atoms with van der Waals surface area (Å²) in [7, 11) is -0.724. The predicted octanol–water partition coefficient (Wildman–Crippen LogP) is 4.96. The van der Waals surface area contributed by atoms with Gasteiger partial charge in [0, 0.05) is 19.8 Å². The molecule has 1 N–H and O–H groups in total. The number of aryl methyl sites for hydroxylation is 1. The number of amides is 1. The van der Waals surface area contributed by atoms with Gasteiger partial charge in [-0.25, -0.2) is 12.7 Å². The molecule has 0 spiro atoms. The maximum absolute atomic E-state index is 13.3. The van der Waals surface area contributed by atoms with E-state index in [1.54, 1.807) is 12.1 Å². The van der Waals surface area contributed by atoms with E-state index in [9.17, 15) is 13.2 Å². The largest absolute Gasteiger partial charge is 0.454 e. The summed E-state index contributed by atoms with van der Waals surface area (Å²) in [6.45, 7) is 2.14. The quantitative estimate of drug-likeness (QED) is 0.504. The molecule has 3 aromatic rings. The van der Waals surface area contributed by atoms with Gasteiger partial charge in [-0.3, -0.25) is 4.79 Å². The van der Waals surface area contributed by atoms with Crippen LogP contribution in [-0.2, 0) is 20.2 Å². The van der Waals surface area contributed by atoms with Crippen molar-refractivity contribution in [1.29, 1.82) is 0 Å². The third-order valence-electron chi connectivity index (χ3n) is 6.61. The zero-order valence-corrected chi connectivity index (χ0v) is 21.2. The number of halogens is 1. The maximum atomic E-state index is 13.3. The molecule has 0 aromatic heterocycles. The van der Waals surface area contributed by atoms with Crippen LogP contribution in [0.3, 0.4) is 0 Å². The van der Waals surface area contributed by atoms with Crippen LogP contribution in [0.25, 0.3) is 11.1 Å². The van der Waals surface area contributed by atoms with E-state index in [-0.39, 0.29) is 22.6 Å². The number of sulfonamides is 1. The second-order valence-electron chi connectivity index (χ2n) is 9.07. The lowest BCUT2D eigenvalue weighted by Gasteiger charge is -2.18. The summed E-state index contributed by atoms with van der Waals surface area (Å²) in [6.07, 6.45) is 1.52. The minimum atomic E-state index is -3.65. The van der Waals surface area contributed by atoms with Crippen LogP contribution in [0.4, 0.5) is 5.69 Å². The number of fused-ring (bicyclic) bond motifs is 1. The fourth-order valence-electron chi connectivity index (χ4n) is 4.30. The van der Waals surface area contributed by atoms with Crippen LogP contribution in [0.2, 0.25) is 5.02 Å². The highest BCUT2D eigenvalue weighted by Gasteiger charge is 2.51. The van der Waals surface area contributed by atoms with Crippen molar-refractivity contribution in [3.05, 3.63) is 70.7 Å². The Balaban J connectivity index is 1.41. The summed E-state index contributed by atoms with van der Waals surface area (Å²) in [4.78, 5) is 13.4. The number of rotatable bonds is 6. The Bertz CT molecular complexity index is 1450. The summed E-state index contributed by atoms with van der Waals surface area (Å²) in [6, 6.07) is 16.2. The Kier molecular flexibility index (Phi) is 5.78. The van der Waals surface area contributed by atoms with Crippen LogP contribution in [0.1, 0.15) is 24.0 Å². The molecule has 2 aliphatic rings. The van der Waals surface area contributed by atoms with Crippen LogP contribution in [0.15, 0.2) is 59.5 Å². The number of nitrogens with zero attached hydrogens (tertiary/aromatic N) is 1. The van der Waals surface area contributed by atoms with Gasteiger partial charge in [0.25, 0.3) is 0 Å². The molecule has 3 aromatic carbocycles. The molecule has 0 atom stereocenters. The van der Waals surface area contributed by atoms with Crippen molar-refractivity contribution in [2.75, 3.05) is 26.2 Å². The molecule has 35 heavy (non-hydrogen) atoms. The molecule has 1 amide bonds. The first kappa shape index (κ1) is 23.7. The van der Waals surface area contributed by atoms with Crippen LogP contribution in [-0.4, -0.2) is 39.5 Å². The topological polar surface area (TPSA) is 84.9 Å². The average Bonchev–Trinajstić information content (AvgIpc) is 3.50. The fourth-order valence-corrected chi connectivity index (χ4v) is 5.71. The third-order valence-corrected chi connectivity index (χ3v) is 8.90. The lowest BCUT2D eigenvalue weighted by atomic mass is 9.94. The molecule has 5 rings (SSSR count). The van der Waals surface area contributed by atoms with Crippen molar-refractivity contribution in [3.8, 4) is 22.6 Å². The molecule has 9 heteroatoms. The predicted molar refractivity (Wildman–Crippen MR) is 135 cm³/mol. The Morgan fingerprint density at radius 3 is 2.43 bits per heavy atom. The molecule has 1 heterocycles. The van der Waals surface area contributed by atoms with Crippen LogP contribution in [0.5, 0.6) is 11.5 Å². The zero-order chi connectivity index (χ0) is 25.0. The van der Waals surface area contributed by atoms with E-state index in [4.69, 9.17) is 21.1 Å². The van der Waals surface area contributed by atoms with Gasteiger partial charge >= 0.3 is 0 Å². The van der Waals surface area contributed by atoms with Gasteiger partial charge < -0.3 is 14.8 Å². The number of ether oxygens (including phenoxy) is 2. The minimum Gasteiger partial charge on any atom is -0.454 e. The van der Waals surface area contributed by atoms with Gasteiger partial charge in [0.05, 0.1) is 10.4 Å². The molecule has 1 aliphatic heterocycles. The van der Waals surface area contributed by atoms with E-state index >= 15 is 0 Å². The molecule has 0 unspecified atom stereocenters. The summed E-state index contributed by atoms with van der Waals surface area (Å²) < 4.78 is 37.0. The molecule has 1 fully saturated rings. The van der Waals surface area contributed by atoms with Gasteiger partial charge in [-0.1, -0.05) is 29.8 Å². The first-order valence-electron chi connectivity index (χ1n) is 11.2. The van der Waals surface area contributed by atoms with Gasteiger partial charge in [-0.05, 0) is 78.4 Å². The number of hydrogen-bond acceptors (Lipinski definition) is 5. The fraction of sp³-hybridized carbons (Fsp3) is 0.269. The van der Waals surface area contributed by atoms with E-state index in [1.165, 1.54) is 20.2 Å². The summed E-state index contributed by atoms with van der Waals surface area (Å²) >= 11 is 6.37. The third kappa shape index (κ3) is 4.16. The molecule has 1 aliphatic carbocycles. The van der Waals surface area contributed by atoms with E-state index in [0.717, 1.165) is 39.4 Å². The number of benzene rings is 3. The molecular formula is C26H25ClN2O5S. The second kappa shape index (κ2) is 8.55. The molecule has 182 valence electrons. The number of carbonyl (C=O) groups excluding carboxylic acids is 1. The lowest BCUT2D eigenvalue weighted by molar-refractivity contribution is -0.118. The highest BCUT2D eigenvalue weighted by molar-refractivity contribution is 7.89. The molecule has 0 saturated heterocycles. The normalized spacial score (nSPS) is 15.8. The number of hydrogen-bond donors (Lipinski definition) is 1. The number of anilines is 1. The van der Waals surface area contributed by atoms with Gasteiger partial charge in [0.2, 0.25) is 22.7 Å². The standard InChI is InChI=1S/C26H25ClN2O5S/c1-16-4-7-19(14-20(16)17-5-9-24(21(27)12-17)35(31,32)29(2)3)28-25(30)26(10-11-26)18-6-8-22-23(13-18)34-15-33-22/h4-9,12-14H,10-11,15H2,1-3H3,(H,28,30). The highest BCUT2D eigenvalue weighted by atomic mass is 35.5. The molecular weight excluding hydrogens is 488 g/mol. The minimum absolute atomic E-state index is 0.0504. The Morgan fingerprint density at radius 2 is 1.74 bits per heavy atom. The number of nitrogens with one attached hydrogen (secondary N) is 1. The van der Waals surface area contributed by atoms with E-state index < -0.39 is 15.4 Å². The lowest BCUT2D eigenvalue weighted by Crippen LogP contribution is -2.27. The van der Waals surface area contributed by atoms with Crippen LogP contribution < -0.4 is 14.8 Å². The van der Waals surface area contributed by atoms with Crippen molar-refractivity contribution in [1.82, 2.24) is 4.31 Å². The van der Waals surface area contributed by atoms with E-state index in [0.29, 0.717) is 17.2 Å². The monoisotopic (exact) mass is 512 g/mol. The molecule has 0 radical (unpaired) electrons. The molecule has 7 nitrogen and oxygen atoms in total. The molecule has 0 bridgehead atoms. The summed E-state index contributed by atoms with van der Waals surface area (Å²) in [5, 5.41) is 3.21. The Hall–Kier alpha value is -3.07. The molecule has 1 saturated carbocycles. The van der Waals surface area contributed by atoms with Crippen molar-refractivity contribution in [2.45, 2.75) is 30.1 Å². The van der Waals surface area contributed by atoms with E-state index in [2.05, 4.69) is 5.32 Å². The first-order valence-corrected chi connectivity index (χ1v) is 13.0. The van der Waals surface area contributed by atoms with E-state index in [1.807, 2.05) is 43.3 Å². The van der Waals surface area contributed by atoms with Crippen molar-refractivity contribution in [2.24, 2.45) is 0 Å². The van der Waals surface area contributed by atoms with Crippen LogP contribution in [0, 0.1) is 6.92 Å². The van der Waals surface area contributed by atoms with Crippen LogP contribution >= 0.6 is 11.6 Å². The number of carbonyl (C=O) groups is 1. The average molecular weight is 513 g/mol. The zero-order valence-electron chi connectivity index (χ0n) is 19.6. The smallest absolute Gasteiger partial charge is 0.244 e. The van der Waals surface area contributed by atoms with Gasteiger partial charge in [-0.2, -0.15) is 0 Å². The highest BCUT2D eigenvalue weighted by Crippen LogP contribution is 2.51. The Labute approximate surface area is 209 Å². The van der Waals surface area contributed by atoms with Gasteiger partial charge in [-0.15, -0.1) is 0 Å². The van der Waals surface area contributed by atoms with Gasteiger partial charge in [0.1, 0.15) is 4.90 Å². The second-order valence-corrected chi connectivity index (χ2v) is 11.6. The van der Waals surface area contributed by atoms with Crippen molar-refractivity contribution in [3.63, 3.8) is 0 Å². The Morgan fingerprint density at radius 1 is 1.00 bits per heavy atom. The van der Waals surface area contributed by atoms with Crippen molar-refractivity contribution < 1.29 is 22.7 Å². The van der Waals surface area contributed by atoms with Gasteiger partial charge in [0.15, 0.2) is 11.5 Å². The maximum Gasteiger partial charge on any atom is 0.244 e. The first-order chi connectivity index (χ1) is 16.6. The summed E-state index contributed by atoms with van der Waals surface area (Å²) in [5.41, 5.74) is 3.57.